The van der Waals surface area contributed by atoms with Crippen molar-refractivity contribution in [2.24, 2.45) is 15.0 Å². The van der Waals surface area contributed by atoms with Crippen molar-refractivity contribution >= 4 is 29.0 Å². The van der Waals surface area contributed by atoms with Crippen LogP contribution >= 0.6 is 0 Å². The maximum Gasteiger partial charge on any atom is 0.213 e. The van der Waals surface area contributed by atoms with Gasteiger partial charge in [-0.3, -0.25) is 9.89 Å². The summed E-state index contributed by atoms with van der Waals surface area (Å²) in [6, 6.07) is 6.11. The summed E-state index contributed by atoms with van der Waals surface area (Å²) in [5.74, 6) is 0.171. The zero-order valence-corrected chi connectivity index (χ0v) is 15.3. The fraction of sp³-hybridized carbons (Fsp3) is 0.250. The first-order valence-corrected chi connectivity index (χ1v) is 9.30. The summed E-state index contributed by atoms with van der Waals surface area (Å²) in [5, 5.41) is 11.2. The van der Waals surface area contributed by atoms with Crippen LogP contribution in [0.2, 0.25) is 0 Å². The number of aromatic nitrogens is 2. The van der Waals surface area contributed by atoms with Gasteiger partial charge in [0.1, 0.15) is 11.9 Å². The van der Waals surface area contributed by atoms with Gasteiger partial charge < -0.3 is 15.1 Å². The maximum absolute atomic E-state index is 10.1. The van der Waals surface area contributed by atoms with Crippen LogP contribution in [0, 0.1) is 6.92 Å². The lowest BCUT2D eigenvalue weighted by Gasteiger charge is -2.45. The molecule has 5 heterocycles. The van der Waals surface area contributed by atoms with Gasteiger partial charge in [0, 0.05) is 33.9 Å². The van der Waals surface area contributed by atoms with Crippen molar-refractivity contribution in [2.45, 2.75) is 19.4 Å². The zero-order valence-electron chi connectivity index (χ0n) is 15.3. The van der Waals surface area contributed by atoms with Crippen molar-refractivity contribution < 1.29 is 5.11 Å². The molecule has 1 aromatic rings. The Morgan fingerprint density at radius 2 is 2.04 bits per heavy atom. The van der Waals surface area contributed by atoms with Crippen molar-refractivity contribution in [3.05, 3.63) is 41.6 Å². The van der Waals surface area contributed by atoms with Crippen LogP contribution in [0.4, 0.5) is 0 Å². The summed E-state index contributed by atoms with van der Waals surface area (Å²) in [7, 11) is 0. The number of aryl methyl sites for hydroxylation is 1. The van der Waals surface area contributed by atoms with E-state index in [-0.39, 0.29) is 18.3 Å². The monoisotopic (exact) mass is 373 g/mol. The average Bonchev–Trinajstić information content (AvgIpc) is 3.32. The molecule has 0 aliphatic carbocycles. The van der Waals surface area contributed by atoms with Gasteiger partial charge in [-0.05, 0) is 31.2 Å². The second kappa shape index (κ2) is 5.63. The van der Waals surface area contributed by atoms with Gasteiger partial charge in [-0.25, -0.2) is 14.9 Å². The summed E-state index contributed by atoms with van der Waals surface area (Å²) in [6.45, 7) is 3.63. The van der Waals surface area contributed by atoms with E-state index in [1.165, 1.54) is 0 Å². The summed E-state index contributed by atoms with van der Waals surface area (Å²) in [5.41, 5.74) is 5.69. The topological polar surface area (TPSA) is 95.4 Å². The molecule has 5 aliphatic heterocycles. The van der Waals surface area contributed by atoms with Crippen LogP contribution < -0.4 is 0 Å². The molecule has 0 amide bonds. The predicted octanol–water partition coefficient (Wildman–Crippen LogP) is 2.27. The molecule has 140 valence electrons. The van der Waals surface area contributed by atoms with Gasteiger partial charge in [-0.2, -0.15) is 0 Å². The Balaban J connectivity index is 1.26. The van der Waals surface area contributed by atoms with Crippen molar-refractivity contribution in [1.29, 1.82) is 0 Å². The fourth-order valence-corrected chi connectivity index (χ4v) is 4.11. The Hall–Kier alpha value is -3.23. The van der Waals surface area contributed by atoms with E-state index in [1.807, 2.05) is 37.6 Å². The third kappa shape index (κ3) is 2.22. The summed E-state index contributed by atoms with van der Waals surface area (Å²) in [6.07, 6.45) is 7.77. The number of nitrogens with zero attached hydrogens (tertiary/aromatic N) is 5. The van der Waals surface area contributed by atoms with Crippen LogP contribution in [0.25, 0.3) is 22.2 Å². The summed E-state index contributed by atoms with van der Waals surface area (Å²) >= 11 is 0. The van der Waals surface area contributed by atoms with Crippen molar-refractivity contribution in [2.75, 3.05) is 13.3 Å². The number of aromatic amines is 2. The van der Waals surface area contributed by atoms with Gasteiger partial charge in [0.25, 0.3) is 0 Å². The first kappa shape index (κ1) is 15.8. The lowest BCUT2D eigenvalue weighted by Crippen LogP contribution is -2.60. The normalized spacial score (nSPS) is 24.7. The molecular weight excluding hydrogens is 354 g/mol. The molecular formula is C20H19N7O. The lowest BCUT2D eigenvalue weighted by molar-refractivity contribution is -0.0686. The number of allylic oxidation sites excluding steroid dienone is 1. The highest BCUT2D eigenvalue weighted by molar-refractivity contribution is 6.39. The van der Waals surface area contributed by atoms with E-state index < -0.39 is 0 Å². The van der Waals surface area contributed by atoms with E-state index in [0.717, 1.165) is 52.5 Å². The number of H-pyrrole nitrogens is 2. The lowest BCUT2D eigenvalue weighted by atomic mass is 9.97. The summed E-state index contributed by atoms with van der Waals surface area (Å²) < 4.78 is 0. The Bertz CT molecular complexity index is 1160. The van der Waals surface area contributed by atoms with Crippen molar-refractivity contribution in [3.8, 4) is 17.1 Å². The zero-order chi connectivity index (χ0) is 18.8. The van der Waals surface area contributed by atoms with Crippen LogP contribution in [-0.4, -0.2) is 68.8 Å². The van der Waals surface area contributed by atoms with E-state index in [4.69, 9.17) is 4.99 Å². The number of benzene rings is 1. The molecule has 8 nitrogen and oxygen atoms in total. The SMILES string of the molecule is Cc1[nH]c2c(O)[nH]c3ccc(C4=NC(N5CN(C6C=CC=N6)C5)N=C4)cc3c1-2. The van der Waals surface area contributed by atoms with Crippen LogP contribution in [0.3, 0.4) is 0 Å². The quantitative estimate of drug-likeness (QED) is 0.657. The van der Waals surface area contributed by atoms with E-state index in [0.29, 0.717) is 0 Å². The standard InChI is InChI=1S/C20H19N7O/c1-11-17-13-7-12(4-5-14(13)24-19(28)18(17)23-11)15-8-22-20(25-15)27-9-26(10-27)16-3-2-6-21-16/h2-8,16,20,23-24,28H,9-10H2,1H3. The van der Waals surface area contributed by atoms with Gasteiger partial charge in [-0.15, -0.1) is 0 Å². The number of rotatable bonds is 3. The molecule has 8 heteroatoms. The first-order valence-electron chi connectivity index (χ1n) is 9.30. The molecule has 2 atom stereocenters. The molecule has 3 N–H and O–H groups in total. The minimum Gasteiger partial charge on any atom is -0.493 e. The number of fused-ring (bicyclic) bond motifs is 3. The molecule has 1 fully saturated rings. The second-order valence-corrected chi connectivity index (χ2v) is 7.43. The average molecular weight is 373 g/mol. The third-order valence-corrected chi connectivity index (χ3v) is 5.63. The Morgan fingerprint density at radius 3 is 2.82 bits per heavy atom. The molecule has 0 radical (unpaired) electrons. The van der Waals surface area contributed by atoms with Gasteiger partial charge in [-0.1, -0.05) is 6.07 Å². The fourth-order valence-electron chi connectivity index (χ4n) is 4.11. The molecule has 28 heavy (non-hydrogen) atoms. The minimum absolute atomic E-state index is 0.157. The number of aliphatic imine (C=N–C) groups is 3. The van der Waals surface area contributed by atoms with E-state index >= 15 is 0 Å². The molecule has 6 rings (SSSR count). The van der Waals surface area contributed by atoms with Crippen LogP contribution in [-0.2, 0) is 0 Å². The Labute approximate surface area is 161 Å². The first-order chi connectivity index (χ1) is 13.7. The highest BCUT2D eigenvalue weighted by Crippen LogP contribution is 2.40. The second-order valence-electron chi connectivity index (χ2n) is 7.43. The predicted molar refractivity (Wildman–Crippen MR) is 109 cm³/mol. The Morgan fingerprint density at radius 1 is 1.14 bits per heavy atom. The molecule has 5 aliphatic rings. The van der Waals surface area contributed by atoms with E-state index in [1.54, 1.807) is 0 Å². The van der Waals surface area contributed by atoms with Crippen LogP contribution in [0.5, 0.6) is 5.88 Å². The maximum atomic E-state index is 10.1. The van der Waals surface area contributed by atoms with Crippen LogP contribution in [0.1, 0.15) is 11.3 Å². The Kier molecular flexibility index (Phi) is 3.18. The van der Waals surface area contributed by atoms with Gasteiger partial charge in [0.2, 0.25) is 5.88 Å². The highest BCUT2D eigenvalue weighted by atomic mass is 16.3. The van der Waals surface area contributed by atoms with Gasteiger partial charge in [0.05, 0.1) is 25.3 Å². The van der Waals surface area contributed by atoms with E-state index in [9.17, 15) is 5.11 Å². The van der Waals surface area contributed by atoms with Gasteiger partial charge >= 0.3 is 0 Å². The number of nitrogens with one attached hydrogen (secondary N) is 2. The minimum atomic E-state index is -0.166. The number of pyridine rings is 1. The number of aromatic hydroxyl groups is 1. The molecule has 0 bridgehead atoms. The molecule has 0 spiro atoms. The van der Waals surface area contributed by atoms with Gasteiger partial charge in [0.15, 0.2) is 6.29 Å². The number of hydrogen-bond donors (Lipinski definition) is 3. The summed E-state index contributed by atoms with van der Waals surface area (Å²) in [4.78, 5) is 24.5. The largest absolute Gasteiger partial charge is 0.493 e. The third-order valence-electron chi connectivity index (χ3n) is 5.63. The molecule has 2 unspecified atom stereocenters. The molecule has 0 saturated carbocycles. The van der Waals surface area contributed by atoms with E-state index in [2.05, 4.69) is 41.9 Å². The molecule has 1 aromatic carbocycles. The van der Waals surface area contributed by atoms with Crippen molar-refractivity contribution in [1.82, 2.24) is 19.8 Å². The van der Waals surface area contributed by atoms with Crippen molar-refractivity contribution in [3.63, 3.8) is 0 Å². The number of hydrogen-bond acceptors (Lipinski definition) is 6. The molecule has 0 aromatic heterocycles. The highest BCUT2D eigenvalue weighted by Gasteiger charge is 2.35. The van der Waals surface area contributed by atoms with Crippen LogP contribution in [0.15, 0.2) is 45.3 Å². The smallest absolute Gasteiger partial charge is 0.213 e. The molecule has 1 saturated heterocycles.